The van der Waals surface area contributed by atoms with Crippen LogP contribution in [0.25, 0.3) is 0 Å². The summed E-state index contributed by atoms with van der Waals surface area (Å²) in [6, 6.07) is 4.98. The van der Waals surface area contributed by atoms with Crippen LogP contribution >= 0.6 is 0 Å². The van der Waals surface area contributed by atoms with Crippen molar-refractivity contribution >= 4 is 0 Å². The maximum Gasteiger partial charge on any atom is 0.123 e. The molecule has 1 rings (SSSR count). The molecule has 0 fully saturated rings. The average molecular weight is 182 g/mol. The molecule has 0 radical (unpaired) electrons. The van der Waals surface area contributed by atoms with Crippen LogP contribution in [0.2, 0.25) is 0 Å². The third kappa shape index (κ3) is 3.34. The summed E-state index contributed by atoms with van der Waals surface area (Å²) in [6.07, 6.45) is -0.498. The molecule has 2 N–H and O–H groups in total. The number of ether oxygens (including phenoxy) is 1. The molecule has 0 aromatic heterocycles. The molecule has 0 aliphatic carbocycles. The number of hydrogen-bond donors (Lipinski definition) is 2. The van der Waals surface area contributed by atoms with Crippen molar-refractivity contribution in [2.75, 3.05) is 6.61 Å². The van der Waals surface area contributed by atoms with E-state index in [4.69, 9.17) is 9.84 Å². The number of aliphatic hydroxyl groups is 1. The van der Waals surface area contributed by atoms with E-state index < -0.39 is 6.10 Å². The molecule has 3 heteroatoms. The Morgan fingerprint density at radius 1 is 1.38 bits per heavy atom. The third-order valence-corrected chi connectivity index (χ3v) is 1.53. The summed E-state index contributed by atoms with van der Waals surface area (Å²) < 4.78 is 5.22. The monoisotopic (exact) mass is 182 g/mol. The minimum atomic E-state index is -0.498. The van der Waals surface area contributed by atoms with Crippen LogP contribution in [0.3, 0.4) is 0 Å². The summed E-state index contributed by atoms with van der Waals surface area (Å²) in [5.41, 5.74) is 0.931. The zero-order valence-electron chi connectivity index (χ0n) is 7.82. The quantitative estimate of drug-likeness (QED) is 0.744. The van der Waals surface area contributed by atoms with E-state index in [0.29, 0.717) is 5.75 Å². The lowest BCUT2D eigenvalue weighted by Gasteiger charge is -2.08. The van der Waals surface area contributed by atoms with Crippen molar-refractivity contribution in [3.8, 4) is 11.5 Å². The largest absolute Gasteiger partial charge is 0.508 e. The van der Waals surface area contributed by atoms with Crippen molar-refractivity contribution in [2.24, 2.45) is 0 Å². The van der Waals surface area contributed by atoms with Gasteiger partial charge in [-0.1, -0.05) is 0 Å². The van der Waals surface area contributed by atoms with Gasteiger partial charge in [-0.05, 0) is 31.5 Å². The Balaban J connectivity index is 2.66. The molecule has 0 amide bonds. The van der Waals surface area contributed by atoms with Crippen molar-refractivity contribution in [3.05, 3.63) is 23.8 Å². The summed E-state index contributed by atoms with van der Waals surface area (Å²) in [5.74, 6) is 0.763. The van der Waals surface area contributed by atoms with Gasteiger partial charge in [-0.2, -0.15) is 0 Å². The first-order valence-electron chi connectivity index (χ1n) is 4.19. The van der Waals surface area contributed by atoms with E-state index in [2.05, 4.69) is 0 Å². The molecule has 1 unspecified atom stereocenters. The average Bonchev–Trinajstić information content (AvgIpc) is 1.99. The molecular formula is C10H14O3. The van der Waals surface area contributed by atoms with Gasteiger partial charge in [0.25, 0.3) is 0 Å². The highest BCUT2D eigenvalue weighted by Crippen LogP contribution is 2.21. The van der Waals surface area contributed by atoms with E-state index in [1.807, 2.05) is 13.0 Å². The molecule has 13 heavy (non-hydrogen) atoms. The minimum absolute atomic E-state index is 0.181. The first kappa shape index (κ1) is 9.86. The van der Waals surface area contributed by atoms with Crippen molar-refractivity contribution < 1.29 is 14.9 Å². The molecule has 0 saturated heterocycles. The lowest BCUT2D eigenvalue weighted by Crippen LogP contribution is -2.12. The van der Waals surface area contributed by atoms with Crippen LogP contribution < -0.4 is 4.74 Å². The van der Waals surface area contributed by atoms with Gasteiger partial charge in [0.15, 0.2) is 0 Å². The molecule has 3 nitrogen and oxygen atoms in total. The number of aliphatic hydroxyl groups excluding tert-OH is 1. The van der Waals surface area contributed by atoms with Gasteiger partial charge in [0.2, 0.25) is 0 Å². The number of phenolic OH excluding ortho intramolecular Hbond substituents is 1. The van der Waals surface area contributed by atoms with Crippen LogP contribution in [0, 0.1) is 6.92 Å². The second kappa shape index (κ2) is 4.14. The third-order valence-electron chi connectivity index (χ3n) is 1.53. The van der Waals surface area contributed by atoms with Crippen molar-refractivity contribution in [2.45, 2.75) is 20.0 Å². The maximum atomic E-state index is 9.22. The number of benzene rings is 1. The van der Waals surface area contributed by atoms with Crippen molar-refractivity contribution in [1.29, 1.82) is 0 Å². The first-order chi connectivity index (χ1) is 6.08. The molecule has 0 aliphatic rings. The Kier molecular flexibility index (Phi) is 3.14. The standard InChI is InChI=1S/C10H14O3/c1-7-3-9(12)5-10(4-7)13-6-8(2)11/h3-5,8,11-12H,6H2,1-2H3. The molecule has 1 atom stereocenters. The van der Waals surface area contributed by atoms with Gasteiger partial charge in [-0.25, -0.2) is 0 Å². The van der Waals surface area contributed by atoms with Crippen LogP contribution in [0.1, 0.15) is 12.5 Å². The molecule has 1 aromatic carbocycles. The number of hydrogen-bond acceptors (Lipinski definition) is 3. The van der Waals surface area contributed by atoms with Gasteiger partial charge in [-0.3, -0.25) is 0 Å². The fourth-order valence-electron chi connectivity index (χ4n) is 1.03. The van der Waals surface area contributed by atoms with Gasteiger partial charge in [0.05, 0.1) is 6.10 Å². The van der Waals surface area contributed by atoms with Gasteiger partial charge >= 0.3 is 0 Å². The highest BCUT2D eigenvalue weighted by molar-refractivity contribution is 5.36. The Bertz CT molecular complexity index is 261. The molecule has 0 aliphatic heterocycles. The summed E-state index contributed by atoms with van der Waals surface area (Å²) >= 11 is 0. The zero-order valence-corrected chi connectivity index (χ0v) is 7.82. The second-order valence-electron chi connectivity index (χ2n) is 3.16. The van der Waals surface area contributed by atoms with E-state index >= 15 is 0 Å². The van der Waals surface area contributed by atoms with Crippen LogP contribution in [-0.2, 0) is 0 Å². The first-order valence-corrected chi connectivity index (χ1v) is 4.19. The predicted octanol–water partition coefficient (Wildman–Crippen LogP) is 1.46. The summed E-state index contributed by atoms with van der Waals surface area (Å²) in [5, 5.41) is 18.2. The van der Waals surface area contributed by atoms with Crippen LogP contribution in [0.15, 0.2) is 18.2 Å². The summed E-state index contributed by atoms with van der Waals surface area (Å²) in [4.78, 5) is 0. The predicted molar refractivity (Wildman–Crippen MR) is 50.0 cm³/mol. The number of phenols is 1. The van der Waals surface area contributed by atoms with E-state index in [9.17, 15) is 5.11 Å². The van der Waals surface area contributed by atoms with E-state index in [1.165, 1.54) is 6.07 Å². The molecule has 0 heterocycles. The van der Waals surface area contributed by atoms with Gasteiger partial charge in [0.1, 0.15) is 18.1 Å². The number of aromatic hydroxyl groups is 1. The van der Waals surface area contributed by atoms with Crippen molar-refractivity contribution in [3.63, 3.8) is 0 Å². The lowest BCUT2D eigenvalue weighted by molar-refractivity contribution is 0.122. The van der Waals surface area contributed by atoms with Crippen molar-refractivity contribution in [1.82, 2.24) is 0 Å². The Morgan fingerprint density at radius 2 is 2.08 bits per heavy atom. The molecule has 0 spiro atoms. The number of aryl methyl sites for hydroxylation is 1. The Hall–Kier alpha value is -1.22. The second-order valence-corrected chi connectivity index (χ2v) is 3.16. The molecule has 1 aromatic rings. The fourth-order valence-corrected chi connectivity index (χ4v) is 1.03. The number of rotatable bonds is 3. The van der Waals surface area contributed by atoms with Crippen LogP contribution in [0.5, 0.6) is 11.5 Å². The summed E-state index contributed by atoms with van der Waals surface area (Å²) in [6.45, 7) is 3.76. The summed E-state index contributed by atoms with van der Waals surface area (Å²) in [7, 11) is 0. The van der Waals surface area contributed by atoms with Gasteiger partial charge in [0, 0.05) is 6.07 Å². The maximum absolute atomic E-state index is 9.22. The Morgan fingerprint density at radius 3 is 2.62 bits per heavy atom. The highest BCUT2D eigenvalue weighted by Gasteiger charge is 2.00. The SMILES string of the molecule is Cc1cc(O)cc(OCC(C)O)c1. The van der Waals surface area contributed by atoms with E-state index in [-0.39, 0.29) is 12.4 Å². The van der Waals surface area contributed by atoms with Gasteiger partial charge < -0.3 is 14.9 Å². The fraction of sp³-hybridized carbons (Fsp3) is 0.400. The molecule has 0 saturated carbocycles. The smallest absolute Gasteiger partial charge is 0.123 e. The zero-order chi connectivity index (χ0) is 9.84. The molecule has 0 bridgehead atoms. The molecular weight excluding hydrogens is 168 g/mol. The van der Waals surface area contributed by atoms with E-state index in [0.717, 1.165) is 5.56 Å². The van der Waals surface area contributed by atoms with Crippen LogP contribution in [0.4, 0.5) is 0 Å². The minimum Gasteiger partial charge on any atom is -0.508 e. The van der Waals surface area contributed by atoms with Gasteiger partial charge in [-0.15, -0.1) is 0 Å². The van der Waals surface area contributed by atoms with Crippen LogP contribution in [-0.4, -0.2) is 22.9 Å². The molecule has 72 valence electrons. The Labute approximate surface area is 77.6 Å². The topological polar surface area (TPSA) is 49.7 Å². The normalized spacial score (nSPS) is 12.5. The van der Waals surface area contributed by atoms with E-state index in [1.54, 1.807) is 13.0 Å². The highest BCUT2D eigenvalue weighted by atomic mass is 16.5. The lowest BCUT2D eigenvalue weighted by atomic mass is 10.2.